The van der Waals surface area contributed by atoms with Crippen molar-refractivity contribution in [2.75, 3.05) is 7.11 Å². The summed E-state index contributed by atoms with van der Waals surface area (Å²) < 4.78 is 7.75. The van der Waals surface area contributed by atoms with Crippen LogP contribution in [-0.2, 0) is 6.54 Å². The van der Waals surface area contributed by atoms with Crippen molar-refractivity contribution >= 4 is 34.7 Å². The van der Waals surface area contributed by atoms with Crippen LogP contribution in [0.25, 0.3) is 11.2 Å². The van der Waals surface area contributed by atoms with E-state index in [4.69, 9.17) is 17.0 Å². The molecule has 3 aromatic heterocycles. The van der Waals surface area contributed by atoms with Crippen LogP contribution in [0.5, 0.6) is 5.88 Å². The van der Waals surface area contributed by atoms with Crippen LogP contribution in [0.3, 0.4) is 0 Å². The van der Waals surface area contributed by atoms with E-state index in [9.17, 15) is 0 Å². The van der Waals surface area contributed by atoms with Gasteiger partial charge in [0.25, 0.3) is 0 Å². The zero-order chi connectivity index (χ0) is 12.5. The van der Waals surface area contributed by atoms with E-state index in [2.05, 4.69) is 26.4 Å². The minimum Gasteiger partial charge on any atom is -0.479 e. The predicted molar refractivity (Wildman–Crippen MR) is 72.7 cm³/mol. The summed E-state index contributed by atoms with van der Waals surface area (Å²) in [4.78, 5) is 11.4. The van der Waals surface area contributed by atoms with Crippen LogP contribution in [0, 0.1) is 4.77 Å². The van der Waals surface area contributed by atoms with Gasteiger partial charge in [-0.2, -0.15) is 16.3 Å². The molecule has 18 heavy (non-hydrogen) atoms. The highest BCUT2D eigenvalue weighted by Gasteiger charge is 2.11. The number of nitrogens with zero attached hydrogens (tertiary/aromatic N) is 3. The van der Waals surface area contributed by atoms with Crippen LogP contribution in [0.1, 0.15) is 5.56 Å². The number of methoxy groups -OCH3 is 1. The number of rotatable bonds is 3. The Labute approximate surface area is 112 Å². The highest BCUT2D eigenvalue weighted by Crippen LogP contribution is 2.21. The number of fused-ring (bicyclic) bond motifs is 1. The molecule has 0 bridgehead atoms. The summed E-state index contributed by atoms with van der Waals surface area (Å²) in [6.45, 7) is 0.697. The number of hydrogen-bond acceptors (Lipinski definition) is 5. The Balaban J connectivity index is 2.17. The third kappa shape index (κ3) is 1.81. The Kier molecular flexibility index (Phi) is 2.85. The first kappa shape index (κ1) is 11.4. The average molecular weight is 278 g/mol. The smallest absolute Gasteiger partial charge is 0.242 e. The van der Waals surface area contributed by atoms with E-state index in [-0.39, 0.29) is 0 Å². The quantitative estimate of drug-likeness (QED) is 0.748. The van der Waals surface area contributed by atoms with Gasteiger partial charge in [-0.1, -0.05) is 0 Å². The number of aromatic amines is 1. The minimum atomic E-state index is 0.509. The summed E-state index contributed by atoms with van der Waals surface area (Å²) >= 11 is 6.99. The van der Waals surface area contributed by atoms with E-state index in [0.717, 1.165) is 11.2 Å². The maximum absolute atomic E-state index is 5.32. The van der Waals surface area contributed by atoms with E-state index in [1.165, 1.54) is 11.9 Å². The van der Waals surface area contributed by atoms with Crippen LogP contribution in [0.2, 0.25) is 0 Å². The standard InChI is InChI=1S/C11H10N4OS2/c1-16-10-8-9(12-6-13-10)15(11(17)14-8)4-7-2-3-18-5-7/h2-3,5-6H,4H2,1H3,(H,14,17). The molecule has 0 amide bonds. The van der Waals surface area contributed by atoms with Gasteiger partial charge < -0.3 is 9.72 Å². The topological polar surface area (TPSA) is 55.7 Å². The van der Waals surface area contributed by atoms with E-state index in [1.807, 2.05) is 9.95 Å². The van der Waals surface area contributed by atoms with Crippen molar-refractivity contribution in [3.05, 3.63) is 33.5 Å². The third-order valence-corrected chi connectivity index (χ3v) is 3.69. The predicted octanol–water partition coefficient (Wildman–Crippen LogP) is 2.61. The molecule has 0 saturated carbocycles. The van der Waals surface area contributed by atoms with Crippen LogP contribution in [0.4, 0.5) is 0 Å². The molecule has 0 spiro atoms. The van der Waals surface area contributed by atoms with Crippen molar-refractivity contribution in [1.82, 2.24) is 19.5 Å². The first-order chi connectivity index (χ1) is 8.79. The van der Waals surface area contributed by atoms with Crippen molar-refractivity contribution in [1.29, 1.82) is 0 Å². The molecule has 7 heteroatoms. The largest absolute Gasteiger partial charge is 0.479 e. The highest BCUT2D eigenvalue weighted by molar-refractivity contribution is 7.71. The number of hydrogen-bond donors (Lipinski definition) is 1. The molecule has 3 heterocycles. The molecular weight excluding hydrogens is 268 g/mol. The van der Waals surface area contributed by atoms with Crippen LogP contribution in [-0.4, -0.2) is 26.6 Å². The fraction of sp³-hybridized carbons (Fsp3) is 0.182. The zero-order valence-corrected chi connectivity index (χ0v) is 11.2. The molecular formula is C11H10N4OS2. The second-order valence-electron chi connectivity index (χ2n) is 3.73. The molecule has 0 unspecified atom stereocenters. The van der Waals surface area contributed by atoms with Crippen LogP contribution < -0.4 is 4.74 Å². The van der Waals surface area contributed by atoms with Gasteiger partial charge in [0.1, 0.15) is 11.8 Å². The highest BCUT2D eigenvalue weighted by atomic mass is 32.1. The second-order valence-corrected chi connectivity index (χ2v) is 4.90. The maximum Gasteiger partial charge on any atom is 0.242 e. The number of ether oxygens (including phenoxy) is 1. The summed E-state index contributed by atoms with van der Waals surface area (Å²) in [6.07, 6.45) is 1.48. The summed E-state index contributed by atoms with van der Waals surface area (Å²) in [5, 5.41) is 4.14. The van der Waals surface area contributed by atoms with Crippen LogP contribution in [0.15, 0.2) is 23.2 Å². The lowest BCUT2D eigenvalue weighted by atomic mass is 10.3. The molecule has 0 atom stereocenters. The molecule has 0 saturated heterocycles. The lowest BCUT2D eigenvalue weighted by molar-refractivity contribution is 0.401. The average Bonchev–Trinajstić information content (AvgIpc) is 2.99. The number of nitrogens with one attached hydrogen (secondary N) is 1. The van der Waals surface area contributed by atoms with Crippen molar-refractivity contribution < 1.29 is 4.74 Å². The lowest BCUT2D eigenvalue weighted by Gasteiger charge is -2.02. The number of imidazole rings is 1. The Bertz CT molecular complexity index is 729. The van der Waals surface area contributed by atoms with Gasteiger partial charge in [0, 0.05) is 0 Å². The molecule has 3 aromatic rings. The van der Waals surface area contributed by atoms with E-state index in [1.54, 1.807) is 18.4 Å². The van der Waals surface area contributed by atoms with Gasteiger partial charge >= 0.3 is 0 Å². The molecule has 3 rings (SSSR count). The van der Waals surface area contributed by atoms with E-state index in [0.29, 0.717) is 17.2 Å². The summed E-state index contributed by atoms with van der Waals surface area (Å²) in [5.74, 6) is 0.509. The van der Waals surface area contributed by atoms with E-state index >= 15 is 0 Å². The molecule has 0 aliphatic carbocycles. The number of aromatic nitrogens is 4. The first-order valence-corrected chi connectivity index (χ1v) is 6.63. The monoisotopic (exact) mass is 278 g/mol. The molecule has 1 N–H and O–H groups in total. The molecule has 0 fully saturated rings. The van der Waals surface area contributed by atoms with Crippen molar-refractivity contribution in [3.8, 4) is 5.88 Å². The molecule has 0 aliphatic heterocycles. The van der Waals surface area contributed by atoms with Gasteiger partial charge in [0.2, 0.25) is 5.88 Å². The zero-order valence-electron chi connectivity index (χ0n) is 9.58. The molecule has 0 radical (unpaired) electrons. The number of H-pyrrole nitrogens is 1. The SMILES string of the molecule is COc1ncnc2c1[nH]c(=S)n2Cc1ccsc1. The van der Waals surface area contributed by atoms with Gasteiger partial charge in [-0.15, -0.1) is 0 Å². The number of thiophene rings is 1. The Hall–Kier alpha value is -1.73. The van der Waals surface area contributed by atoms with Crippen molar-refractivity contribution in [3.63, 3.8) is 0 Å². The first-order valence-electron chi connectivity index (χ1n) is 5.28. The van der Waals surface area contributed by atoms with Gasteiger partial charge in [0.15, 0.2) is 10.4 Å². The Morgan fingerprint density at radius 3 is 3.11 bits per heavy atom. The normalized spacial score (nSPS) is 10.9. The molecule has 0 aliphatic rings. The van der Waals surface area contributed by atoms with E-state index < -0.39 is 0 Å². The summed E-state index contributed by atoms with van der Waals surface area (Å²) in [6, 6.07) is 2.07. The lowest BCUT2D eigenvalue weighted by Crippen LogP contribution is -2.00. The Morgan fingerprint density at radius 1 is 1.50 bits per heavy atom. The molecule has 5 nitrogen and oxygen atoms in total. The summed E-state index contributed by atoms with van der Waals surface area (Å²) in [7, 11) is 1.58. The van der Waals surface area contributed by atoms with Gasteiger partial charge in [0.05, 0.1) is 13.7 Å². The summed E-state index contributed by atoms with van der Waals surface area (Å²) in [5.41, 5.74) is 2.70. The van der Waals surface area contributed by atoms with Gasteiger partial charge in [-0.3, -0.25) is 4.57 Å². The van der Waals surface area contributed by atoms with Gasteiger partial charge in [-0.05, 0) is 34.6 Å². The second kappa shape index (κ2) is 4.51. The maximum atomic E-state index is 5.32. The molecule has 0 aromatic carbocycles. The fourth-order valence-electron chi connectivity index (χ4n) is 1.81. The molecule has 92 valence electrons. The Morgan fingerprint density at radius 2 is 2.39 bits per heavy atom. The van der Waals surface area contributed by atoms with Crippen LogP contribution >= 0.6 is 23.6 Å². The van der Waals surface area contributed by atoms with Crippen molar-refractivity contribution in [2.24, 2.45) is 0 Å². The van der Waals surface area contributed by atoms with Gasteiger partial charge in [-0.25, -0.2) is 4.98 Å². The minimum absolute atomic E-state index is 0.509. The van der Waals surface area contributed by atoms with Crippen molar-refractivity contribution in [2.45, 2.75) is 6.54 Å². The fourth-order valence-corrected chi connectivity index (χ4v) is 2.72. The third-order valence-electron chi connectivity index (χ3n) is 2.64.